The van der Waals surface area contributed by atoms with Crippen LogP contribution >= 0.6 is 0 Å². The number of rotatable bonds is 12. The van der Waals surface area contributed by atoms with E-state index in [-0.39, 0.29) is 24.7 Å². The molecule has 2 amide bonds. The van der Waals surface area contributed by atoms with Gasteiger partial charge < -0.3 is 14.8 Å². The lowest BCUT2D eigenvalue weighted by molar-refractivity contribution is -0.124. The van der Waals surface area contributed by atoms with Crippen LogP contribution in [-0.2, 0) is 9.59 Å². The van der Waals surface area contributed by atoms with Crippen LogP contribution in [-0.4, -0.2) is 31.7 Å². The molecule has 0 saturated heterocycles. The Labute approximate surface area is 183 Å². The number of benzene rings is 2. The molecular weight excluding hydrogens is 394 g/mol. The van der Waals surface area contributed by atoms with E-state index in [0.29, 0.717) is 29.4 Å². The Hall–Kier alpha value is -3.35. The highest BCUT2D eigenvalue weighted by Gasteiger charge is 2.10. The molecule has 0 spiro atoms. The Bertz CT molecular complexity index is 879. The van der Waals surface area contributed by atoms with Gasteiger partial charge in [0.15, 0.2) is 11.5 Å². The predicted molar refractivity (Wildman–Crippen MR) is 123 cm³/mol. The Morgan fingerprint density at radius 1 is 1.03 bits per heavy atom. The predicted octanol–water partition coefficient (Wildman–Crippen LogP) is 4.44. The van der Waals surface area contributed by atoms with Crippen LogP contribution in [0.5, 0.6) is 11.5 Å². The van der Waals surface area contributed by atoms with E-state index in [0.717, 1.165) is 24.8 Å². The average molecular weight is 426 g/mol. The first-order valence-corrected chi connectivity index (χ1v) is 10.5. The molecule has 2 N–H and O–H groups in total. The summed E-state index contributed by atoms with van der Waals surface area (Å²) >= 11 is 0. The first-order chi connectivity index (χ1) is 15.0. The molecule has 0 heterocycles. The molecular formula is C24H31N3O4. The normalized spacial score (nSPS) is 10.7. The van der Waals surface area contributed by atoms with Crippen molar-refractivity contribution in [3.05, 3.63) is 53.6 Å². The van der Waals surface area contributed by atoms with Gasteiger partial charge in [0.2, 0.25) is 11.8 Å². The van der Waals surface area contributed by atoms with Crippen molar-refractivity contribution in [2.45, 2.75) is 46.0 Å². The summed E-state index contributed by atoms with van der Waals surface area (Å²) in [5, 5.41) is 6.77. The summed E-state index contributed by atoms with van der Waals surface area (Å²) < 4.78 is 11.3. The van der Waals surface area contributed by atoms with Crippen molar-refractivity contribution < 1.29 is 19.1 Å². The molecule has 0 atom stereocenters. The molecule has 7 heteroatoms. The Morgan fingerprint density at radius 2 is 1.77 bits per heavy atom. The van der Waals surface area contributed by atoms with Crippen LogP contribution in [0.3, 0.4) is 0 Å². The lowest BCUT2D eigenvalue weighted by Gasteiger charge is -2.13. The van der Waals surface area contributed by atoms with Gasteiger partial charge in [-0.05, 0) is 37.6 Å². The number of ether oxygens (including phenoxy) is 2. The number of para-hydroxylation sites is 1. The highest BCUT2D eigenvalue weighted by molar-refractivity contribution is 5.93. The van der Waals surface area contributed by atoms with Gasteiger partial charge in [0.1, 0.15) is 0 Å². The summed E-state index contributed by atoms with van der Waals surface area (Å²) in [4.78, 5) is 24.0. The Morgan fingerprint density at radius 3 is 2.48 bits per heavy atom. The van der Waals surface area contributed by atoms with Gasteiger partial charge in [0, 0.05) is 24.1 Å². The van der Waals surface area contributed by atoms with E-state index in [2.05, 4.69) is 22.8 Å². The number of amides is 2. The second kappa shape index (κ2) is 13.1. The summed E-state index contributed by atoms with van der Waals surface area (Å²) in [6.07, 6.45) is 4.77. The van der Waals surface area contributed by atoms with Crippen molar-refractivity contribution in [1.82, 2.24) is 5.43 Å². The maximum absolute atomic E-state index is 12.0. The summed E-state index contributed by atoms with van der Waals surface area (Å²) in [6.45, 7) is 4.69. The molecule has 2 aromatic rings. The van der Waals surface area contributed by atoms with E-state index in [1.54, 1.807) is 7.11 Å². The fraction of sp³-hybridized carbons (Fsp3) is 0.375. The zero-order valence-corrected chi connectivity index (χ0v) is 18.4. The zero-order valence-electron chi connectivity index (χ0n) is 18.4. The monoisotopic (exact) mass is 425 g/mol. The molecule has 0 bridgehead atoms. The molecule has 2 rings (SSSR count). The number of methoxy groups -OCH3 is 1. The van der Waals surface area contributed by atoms with E-state index in [9.17, 15) is 9.59 Å². The van der Waals surface area contributed by atoms with Gasteiger partial charge in [0.05, 0.1) is 19.9 Å². The lowest BCUT2D eigenvalue weighted by atomic mass is 10.2. The molecule has 0 aliphatic carbocycles. The number of hydrogen-bond acceptors (Lipinski definition) is 5. The summed E-state index contributed by atoms with van der Waals surface area (Å²) in [7, 11) is 1.58. The molecule has 0 unspecified atom stereocenters. The number of carbonyl (C=O) groups is 2. The molecule has 2 aromatic carbocycles. The van der Waals surface area contributed by atoms with E-state index >= 15 is 0 Å². The molecule has 0 saturated carbocycles. The number of nitrogens with zero attached hydrogens (tertiary/aromatic N) is 1. The summed E-state index contributed by atoms with van der Waals surface area (Å²) in [5.74, 6) is 0.637. The van der Waals surface area contributed by atoms with Crippen LogP contribution in [0.4, 0.5) is 5.69 Å². The molecule has 0 aromatic heterocycles. The highest BCUT2D eigenvalue weighted by Crippen LogP contribution is 2.30. The van der Waals surface area contributed by atoms with Gasteiger partial charge in [-0.1, -0.05) is 43.5 Å². The molecule has 0 fully saturated rings. The standard InChI is InChI=1S/C24H31N3O4/c1-4-5-6-16-31-24-19(8-7-9-21(24)30-3)17-25-27-23(29)15-14-22(28)26-20-12-10-18(2)11-13-20/h7-13,17H,4-6,14-16H2,1-3H3,(H,26,28)(H,27,29). The van der Waals surface area contributed by atoms with Crippen LogP contribution in [0.2, 0.25) is 0 Å². The quantitative estimate of drug-likeness (QED) is 0.299. The third-order valence-corrected chi connectivity index (χ3v) is 4.53. The van der Waals surface area contributed by atoms with E-state index < -0.39 is 0 Å². The second-order valence-electron chi connectivity index (χ2n) is 7.14. The van der Waals surface area contributed by atoms with Crippen LogP contribution in [0.15, 0.2) is 47.6 Å². The zero-order chi connectivity index (χ0) is 22.5. The number of anilines is 1. The maximum atomic E-state index is 12.0. The van der Waals surface area contributed by atoms with Crippen LogP contribution in [0, 0.1) is 6.92 Å². The van der Waals surface area contributed by atoms with Gasteiger partial charge in [-0.15, -0.1) is 0 Å². The maximum Gasteiger partial charge on any atom is 0.240 e. The summed E-state index contributed by atoms with van der Waals surface area (Å²) in [6, 6.07) is 13.0. The van der Waals surface area contributed by atoms with Crippen molar-refractivity contribution in [1.29, 1.82) is 0 Å². The summed E-state index contributed by atoms with van der Waals surface area (Å²) in [5.41, 5.74) is 4.97. The van der Waals surface area contributed by atoms with Crippen molar-refractivity contribution >= 4 is 23.7 Å². The third-order valence-electron chi connectivity index (χ3n) is 4.53. The molecule has 31 heavy (non-hydrogen) atoms. The smallest absolute Gasteiger partial charge is 0.240 e. The molecule has 0 aliphatic rings. The number of hydrogen-bond donors (Lipinski definition) is 2. The van der Waals surface area contributed by atoms with Gasteiger partial charge in [0.25, 0.3) is 0 Å². The first-order valence-electron chi connectivity index (χ1n) is 10.5. The van der Waals surface area contributed by atoms with Crippen molar-refractivity contribution in [2.75, 3.05) is 19.0 Å². The number of carbonyl (C=O) groups excluding carboxylic acids is 2. The van der Waals surface area contributed by atoms with E-state index in [1.807, 2.05) is 49.4 Å². The first kappa shape index (κ1) is 23.9. The fourth-order valence-corrected chi connectivity index (χ4v) is 2.79. The van der Waals surface area contributed by atoms with Crippen LogP contribution < -0.4 is 20.2 Å². The lowest BCUT2D eigenvalue weighted by Crippen LogP contribution is -2.20. The molecule has 0 aliphatic heterocycles. The van der Waals surface area contributed by atoms with E-state index in [1.165, 1.54) is 6.21 Å². The Balaban J connectivity index is 1.84. The van der Waals surface area contributed by atoms with Crippen molar-refractivity contribution in [2.24, 2.45) is 5.10 Å². The minimum absolute atomic E-state index is 0.0352. The highest BCUT2D eigenvalue weighted by atomic mass is 16.5. The SMILES string of the molecule is CCCCCOc1c(C=NNC(=O)CCC(=O)Nc2ccc(C)cc2)cccc1OC. The fourth-order valence-electron chi connectivity index (χ4n) is 2.79. The molecule has 0 radical (unpaired) electrons. The minimum Gasteiger partial charge on any atom is -0.493 e. The van der Waals surface area contributed by atoms with Gasteiger partial charge in [-0.3, -0.25) is 9.59 Å². The number of nitrogens with one attached hydrogen (secondary N) is 2. The molecule has 7 nitrogen and oxygen atoms in total. The average Bonchev–Trinajstić information content (AvgIpc) is 2.77. The number of hydrazone groups is 1. The molecule has 166 valence electrons. The van der Waals surface area contributed by atoms with Gasteiger partial charge in [-0.2, -0.15) is 5.10 Å². The number of aryl methyl sites for hydroxylation is 1. The van der Waals surface area contributed by atoms with Crippen LogP contribution in [0.25, 0.3) is 0 Å². The van der Waals surface area contributed by atoms with Crippen molar-refractivity contribution in [3.63, 3.8) is 0 Å². The third kappa shape index (κ3) is 8.50. The second-order valence-corrected chi connectivity index (χ2v) is 7.14. The largest absolute Gasteiger partial charge is 0.493 e. The van der Waals surface area contributed by atoms with Crippen LogP contribution in [0.1, 0.15) is 50.2 Å². The van der Waals surface area contributed by atoms with Gasteiger partial charge >= 0.3 is 0 Å². The minimum atomic E-state index is -0.344. The van der Waals surface area contributed by atoms with E-state index in [4.69, 9.17) is 9.47 Å². The Kier molecular flexibility index (Phi) is 10.1. The number of unbranched alkanes of at least 4 members (excludes halogenated alkanes) is 2. The van der Waals surface area contributed by atoms with Crippen molar-refractivity contribution in [3.8, 4) is 11.5 Å². The topological polar surface area (TPSA) is 89.0 Å². The van der Waals surface area contributed by atoms with Gasteiger partial charge in [-0.25, -0.2) is 5.43 Å².